The van der Waals surface area contributed by atoms with Crippen LogP contribution in [0, 0.1) is 0 Å². The second kappa shape index (κ2) is 6.14. The Bertz CT molecular complexity index is 165. The lowest BCUT2D eigenvalue weighted by Crippen LogP contribution is -2.28. The first kappa shape index (κ1) is 10.7. The van der Waals surface area contributed by atoms with Crippen LogP contribution in [0.4, 0.5) is 0 Å². The normalized spacial score (nSPS) is 26.6. The monoisotopic (exact) mass is 183 g/mol. The van der Waals surface area contributed by atoms with Crippen LogP contribution >= 0.6 is 0 Å². The van der Waals surface area contributed by atoms with Gasteiger partial charge in [-0.2, -0.15) is 0 Å². The van der Waals surface area contributed by atoms with Gasteiger partial charge in [-0.1, -0.05) is 19.8 Å². The van der Waals surface area contributed by atoms with Gasteiger partial charge < -0.3 is 4.74 Å². The topological polar surface area (TPSA) is 21.6 Å². The molecule has 0 N–H and O–H groups in total. The van der Waals surface area contributed by atoms with Gasteiger partial charge in [0.15, 0.2) is 0 Å². The number of nitrogens with zero attached hydrogens (tertiary/aromatic N) is 1. The van der Waals surface area contributed by atoms with Crippen LogP contribution in [0.2, 0.25) is 0 Å². The fraction of sp³-hybridized carbons (Fsp3) is 0.909. The van der Waals surface area contributed by atoms with E-state index in [4.69, 9.17) is 4.74 Å². The molecule has 0 aromatic rings. The molecular weight excluding hydrogens is 162 g/mol. The first-order valence-corrected chi connectivity index (χ1v) is 5.45. The lowest BCUT2D eigenvalue weighted by Gasteiger charge is -2.24. The molecule has 0 aromatic heterocycles. The van der Waals surface area contributed by atoms with Gasteiger partial charge in [0.25, 0.3) is 0 Å². The van der Waals surface area contributed by atoms with Crippen LogP contribution in [0.1, 0.15) is 45.4 Å². The van der Waals surface area contributed by atoms with Gasteiger partial charge in [-0.05, 0) is 25.7 Å². The molecule has 0 aliphatic heterocycles. The minimum absolute atomic E-state index is 0.338. The Morgan fingerprint density at radius 1 is 1.46 bits per heavy atom. The summed E-state index contributed by atoms with van der Waals surface area (Å²) in [7, 11) is 1.89. The Balaban J connectivity index is 2.28. The Kier molecular flexibility index (Phi) is 5.06. The second-order valence-corrected chi connectivity index (χ2v) is 3.67. The maximum absolute atomic E-state index is 5.80. The number of rotatable bonds is 4. The van der Waals surface area contributed by atoms with E-state index >= 15 is 0 Å². The molecule has 1 rings (SSSR count). The van der Waals surface area contributed by atoms with Crippen molar-refractivity contribution in [3.8, 4) is 0 Å². The first-order chi connectivity index (χ1) is 6.38. The maximum atomic E-state index is 5.80. The van der Waals surface area contributed by atoms with E-state index < -0.39 is 0 Å². The zero-order valence-corrected chi connectivity index (χ0v) is 8.88. The third kappa shape index (κ3) is 3.47. The van der Waals surface area contributed by atoms with E-state index in [-0.39, 0.29) is 0 Å². The lowest BCUT2D eigenvalue weighted by atomic mass is 9.95. The van der Waals surface area contributed by atoms with Crippen molar-refractivity contribution in [2.45, 2.75) is 51.6 Å². The average Bonchev–Trinajstić information content (AvgIpc) is 2.19. The molecule has 2 heteroatoms. The number of hydrogen-bond donors (Lipinski definition) is 0. The summed E-state index contributed by atoms with van der Waals surface area (Å²) >= 11 is 0. The van der Waals surface area contributed by atoms with Gasteiger partial charge in [-0.15, -0.1) is 0 Å². The predicted molar refractivity (Wildman–Crippen MR) is 56.5 cm³/mol. The van der Waals surface area contributed by atoms with Crippen LogP contribution in [0.25, 0.3) is 0 Å². The highest BCUT2D eigenvalue weighted by atomic mass is 16.5. The van der Waals surface area contributed by atoms with Gasteiger partial charge in [0.05, 0.1) is 6.10 Å². The summed E-state index contributed by atoms with van der Waals surface area (Å²) < 4.78 is 5.80. The molecule has 2 nitrogen and oxygen atoms in total. The van der Waals surface area contributed by atoms with E-state index in [1.807, 2.05) is 7.05 Å². The Morgan fingerprint density at radius 2 is 2.31 bits per heavy atom. The SMILES string of the molecule is CCCCOC1CCCCC1=NC. The molecule has 0 radical (unpaired) electrons. The van der Waals surface area contributed by atoms with Crippen molar-refractivity contribution in [2.24, 2.45) is 4.99 Å². The standard InChI is InChI=1S/C11H21NO/c1-3-4-9-13-11-8-6-5-7-10(11)12-2/h11H,3-9H2,1-2H3. The van der Waals surface area contributed by atoms with Crippen LogP contribution in [-0.2, 0) is 4.74 Å². The molecule has 13 heavy (non-hydrogen) atoms. The summed E-state index contributed by atoms with van der Waals surface area (Å²) in [5.74, 6) is 0. The Hall–Kier alpha value is -0.370. The minimum Gasteiger partial charge on any atom is -0.372 e. The van der Waals surface area contributed by atoms with Crippen LogP contribution in [0.15, 0.2) is 4.99 Å². The summed E-state index contributed by atoms with van der Waals surface area (Å²) in [5, 5.41) is 0. The van der Waals surface area contributed by atoms with Crippen LogP contribution < -0.4 is 0 Å². The van der Waals surface area contributed by atoms with Crippen LogP contribution in [0.3, 0.4) is 0 Å². The van der Waals surface area contributed by atoms with Crippen molar-refractivity contribution in [3.05, 3.63) is 0 Å². The predicted octanol–water partition coefficient (Wildman–Crippen LogP) is 2.82. The smallest absolute Gasteiger partial charge is 0.0951 e. The molecule has 0 aromatic carbocycles. The van der Waals surface area contributed by atoms with Crippen molar-refractivity contribution in [1.82, 2.24) is 0 Å². The molecule has 76 valence electrons. The van der Waals surface area contributed by atoms with Crippen molar-refractivity contribution in [3.63, 3.8) is 0 Å². The highest BCUT2D eigenvalue weighted by Crippen LogP contribution is 2.18. The maximum Gasteiger partial charge on any atom is 0.0951 e. The summed E-state index contributed by atoms with van der Waals surface area (Å²) in [6, 6.07) is 0. The largest absolute Gasteiger partial charge is 0.372 e. The molecule has 1 aliphatic rings. The Morgan fingerprint density at radius 3 is 3.00 bits per heavy atom. The van der Waals surface area contributed by atoms with Crippen molar-refractivity contribution in [2.75, 3.05) is 13.7 Å². The van der Waals surface area contributed by atoms with Crippen molar-refractivity contribution in [1.29, 1.82) is 0 Å². The molecule has 1 aliphatic carbocycles. The first-order valence-electron chi connectivity index (χ1n) is 5.45. The van der Waals surface area contributed by atoms with Gasteiger partial charge in [0.1, 0.15) is 0 Å². The molecule has 1 saturated carbocycles. The highest BCUT2D eigenvalue weighted by Gasteiger charge is 2.19. The summed E-state index contributed by atoms with van der Waals surface area (Å²) in [4.78, 5) is 4.30. The van der Waals surface area contributed by atoms with Crippen LogP contribution in [-0.4, -0.2) is 25.5 Å². The number of aliphatic imine (C=N–C) groups is 1. The fourth-order valence-electron chi connectivity index (χ4n) is 1.77. The quantitative estimate of drug-likeness (QED) is 0.614. The van der Waals surface area contributed by atoms with Crippen molar-refractivity contribution < 1.29 is 4.74 Å². The third-order valence-corrected chi connectivity index (χ3v) is 2.63. The molecule has 0 amide bonds. The van der Waals surface area contributed by atoms with Crippen molar-refractivity contribution >= 4 is 5.71 Å². The molecule has 0 saturated heterocycles. The summed E-state index contributed by atoms with van der Waals surface area (Å²) in [6.45, 7) is 3.10. The minimum atomic E-state index is 0.338. The fourth-order valence-corrected chi connectivity index (χ4v) is 1.77. The van der Waals surface area contributed by atoms with E-state index in [2.05, 4.69) is 11.9 Å². The molecule has 0 bridgehead atoms. The van der Waals surface area contributed by atoms with E-state index in [0.717, 1.165) is 13.0 Å². The second-order valence-electron chi connectivity index (χ2n) is 3.67. The van der Waals surface area contributed by atoms with Gasteiger partial charge in [0, 0.05) is 19.4 Å². The van der Waals surface area contributed by atoms with Crippen LogP contribution in [0.5, 0.6) is 0 Å². The molecule has 1 fully saturated rings. The third-order valence-electron chi connectivity index (χ3n) is 2.63. The zero-order valence-electron chi connectivity index (χ0n) is 8.88. The Labute approximate surface area is 81.4 Å². The number of ether oxygens (including phenoxy) is 1. The van der Waals surface area contributed by atoms with Gasteiger partial charge >= 0.3 is 0 Å². The summed E-state index contributed by atoms with van der Waals surface area (Å²) in [6.07, 6.45) is 7.64. The lowest BCUT2D eigenvalue weighted by molar-refractivity contribution is 0.0820. The van der Waals surface area contributed by atoms with Gasteiger partial charge in [0.2, 0.25) is 0 Å². The zero-order chi connectivity index (χ0) is 9.52. The molecule has 0 heterocycles. The van der Waals surface area contributed by atoms with E-state index in [9.17, 15) is 0 Å². The molecular formula is C11H21NO. The van der Waals surface area contributed by atoms with Gasteiger partial charge in [-0.3, -0.25) is 4.99 Å². The van der Waals surface area contributed by atoms with E-state index in [1.54, 1.807) is 0 Å². The van der Waals surface area contributed by atoms with E-state index in [1.165, 1.54) is 37.8 Å². The van der Waals surface area contributed by atoms with E-state index in [0.29, 0.717) is 6.10 Å². The number of unbranched alkanes of at least 4 members (excludes halogenated alkanes) is 1. The molecule has 0 spiro atoms. The number of hydrogen-bond acceptors (Lipinski definition) is 2. The molecule has 1 unspecified atom stereocenters. The average molecular weight is 183 g/mol. The molecule has 1 atom stereocenters. The highest BCUT2D eigenvalue weighted by molar-refractivity contribution is 5.89. The van der Waals surface area contributed by atoms with Gasteiger partial charge in [-0.25, -0.2) is 0 Å². The summed E-state index contributed by atoms with van der Waals surface area (Å²) in [5.41, 5.74) is 1.28.